The zero-order chi connectivity index (χ0) is 11.3. The Morgan fingerprint density at radius 3 is 2.93 bits per heavy atom. The van der Waals surface area contributed by atoms with Crippen LogP contribution in [0.3, 0.4) is 0 Å². The number of rotatable bonds is 5. The molecule has 0 fully saturated rings. The number of carbonyl (C=O) groups is 1. The minimum atomic E-state index is -0.0701. The molecular weight excluding hydrogens is 194 g/mol. The summed E-state index contributed by atoms with van der Waals surface area (Å²) in [4.78, 5) is 13.4. The number of nitrogens with one attached hydrogen (secondary N) is 1. The van der Waals surface area contributed by atoms with Gasteiger partial charge in [-0.05, 0) is 26.9 Å². The van der Waals surface area contributed by atoms with Gasteiger partial charge in [0.25, 0.3) is 0 Å². The topological polar surface area (TPSA) is 58.4 Å². The van der Waals surface area contributed by atoms with Gasteiger partial charge >= 0.3 is 0 Å². The highest BCUT2D eigenvalue weighted by Gasteiger charge is 2.08. The van der Waals surface area contributed by atoms with Gasteiger partial charge in [0, 0.05) is 6.07 Å². The first-order valence-electron chi connectivity index (χ1n) is 5.03. The fraction of sp³-hybridized carbons (Fsp3) is 0.600. The summed E-state index contributed by atoms with van der Waals surface area (Å²) < 4.78 is 4.84. The summed E-state index contributed by atoms with van der Waals surface area (Å²) >= 11 is 0. The van der Waals surface area contributed by atoms with Gasteiger partial charge in [-0.15, -0.1) is 0 Å². The second-order valence-corrected chi connectivity index (χ2v) is 3.61. The lowest BCUT2D eigenvalue weighted by atomic mass is 10.4. The zero-order valence-electron chi connectivity index (χ0n) is 9.41. The summed E-state index contributed by atoms with van der Waals surface area (Å²) in [5.41, 5.74) is 0. The monoisotopic (exact) mass is 211 g/mol. The Bertz CT molecular complexity index is 322. The molecule has 0 bridgehead atoms. The molecule has 0 spiro atoms. The molecule has 0 radical (unpaired) electrons. The highest BCUT2D eigenvalue weighted by atomic mass is 16.5. The van der Waals surface area contributed by atoms with Gasteiger partial charge in [-0.3, -0.25) is 9.69 Å². The molecule has 15 heavy (non-hydrogen) atoms. The number of likely N-dealkylation sites (N-methyl/N-ethyl adjacent to an activating group) is 1. The highest BCUT2D eigenvalue weighted by molar-refractivity contribution is 5.91. The molecule has 0 aliphatic heterocycles. The Hall–Kier alpha value is -1.36. The molecule has 0 atom stereocenters. The van der Waals surface area contributed by atoms with E-state index in [9.17, 15) is 4.79 Å². The van der Waals surface area contributed by atoms with Crippen molar-refractivity contribution in [2.45, 2.75) is 20.3 Å². The third kappa shape index (κ3) is 4.12. The SMILES string of the molecule is CCCN(C)CC(=O)Nc1cc(C)on1. The second kappa shape index (κ2) is 5.50. The molecule has 1 heterocycles. The number of aryl methyl sites for hydroxylation is 1. The Balaban J connectivity index is 2.36. The maximum atomic E-state index is 11.5. The minimum Gasteiger partial charge on any atom is -0.360 e. The summed E-state index contributed by atoms with van der Waals surface area (Å²) in [6.45, 7) is 5.15. The smallest absolute Gasteiger partial charge is 0.239 e. The largest absolute Gasteiger partial charge is 0.360 e. The molecule has 5 nitrogen and oxygen atoms in total. The number of hydrogen-bond acceptors (Lipinski definition) is 4. The third-order valence-corrected chi connectivity index (χ3v) is 1.91. The van der Waals surface area contributed by atoms with E-state index in [2.05, 4.69) is 17.4 Å². The molecule has 5 heteroatoms. The van der Waals surface area contributed by atoms with E-state index in [1.807, 2.05) is 11.9 Å². The Labute approximate surface area is 89.4 Å². The standard InChI is InChI=1S/C10H17N3O2/c1-4-5-13(3)7-10(14)11-9-6-8(2)15-12-9/h6H,4-5,7H2,1-3H3,(H,11,12,14). The van der Waals surface area contributed by atoms with Gasteiger partial charge in [0.05, 0.1) is 6.54 Å². The Morgan fingerprint density at radius 2 is 2.40 bits per heavy atom. The molecule has 1 amide bonds. The van der Waals surface area contributed by atoms with Crippen LogP contribution in [0.15, 0.2) is 10.6 Å². The second-order valence-electron chi connectivity index (χ2n) is 3.61. The number of hydrogen-bond donors (Lipinski definition) is 1. The van der Waals surface area contributed by atoms with Crippen LogP contribution in [0.4, 0.5) is 5.82 Å². The Morgan fingerprint density at radius 1 is 1.67 bits per heavy atom. The summed E-state index contributed by atoms with van der Waals surface area (Å²) in [6, 6.07) is 1.69. The summed E-state index contributed by atoms with van der Waals surface area (Å²) in [5, 5.41) is 6.35. The van der Waals surface area contributed by atoms with Crippen LogP contribution < -0.4 is 5.32 Å². The van der Waals surface area contributed by atoms with E-state index in [4.69, 9.17) is 4.52 Å². The van der Waals surface area contributed by atoms with Gasteiger partial charge in [-0.25, -0.2) is 0 Å². The first kappa shape index (κ1) is 11.7. The van der Waals surface area contributed by atoms with E-state index >= 15 is 0 Å². The number of nitrogens with zero attached hydrogens (tertiary/aromatic N) is 2. The van der Waals surface area contributed by atoms with Crippen LogP contribution in [0, 0.1) is 6.92 Å². The van der Waals surface area contributed by atoms with Gasteiger partial charge in [-0.1, -0.05) is 12.1 Å². The van der Waals surface area contributed by atoms with Crippen molar-refractivity contribution < 1.29 is 9.32 Å². The van der Waals surface area contributed by atoms with Crippen LogP contribution in [0.25, 0.3) is 0 Å². The summed E-state index contributed by atoms with van der Waals surface area (Å²) in [7, 11) is 1.91. The predicted molar refractivity (Wildman–Crippen MR) is 57.7 cm³/mol. The van der Waals surface area contributed by atoms with Crippen LogP contribution in [0.1, 0.15) is 19.1 Å². The van der Waals surface area contributed by atoms with Crippen molar-refractivity contribution in [2.24, 2.45) is 0 Å². The number of aromatic nitrogens is 1. The fourth-order valence-electron chi connectivity index (χ4n) is 1.31. The van der Waals surface area contributed by atoms with Gasteiger partial charge in [0.15, 0.2) is 5.82 Å². The number of amides is 1. The van der Waals surface area contributed by atoms with Crippen molar-refractivity contribution in [2.75, 3.05) is 25.5 Å². The van der Waals surface area contributed by atoms with Crippen molar-refractivity contribution in [3.63, 3.8) is 0 Å². The van der Waals surface area contributed by atoms with Gasteiger partial charge in [-0.2, -0.15) is 0 Å². The van der Waals surface area contributed by atoms with Crippen molar-refractivity contribution >= 4 is 11.7 Å². The molecule has 1 aromatic heterocycles. The van der Waals surface area contributed by atoms with E-state index in [0.717, 1.165) is 13.0 Å². The van der Waals surface area contributed by atoms with Gasteiger partial charge in [0.1, 0.15) is 5.76 Å². The molecule has 0 unspecified atom stereocenters. The molecule has 1 aromatic rings. The van der Waals surface area contributed by atoms with Crippen molar-refractivity contribution in [1.29, 1.82) is 0 Å². The minimum absolute atomic E-state index is 0.0701. The van der Waals surface area contributed by atoms with Crippen LogP contribution in [0.2, 0.25) is 0 Å². The van der Waals surface area contributed by atoms with Crippen LogP contribution >= 0.6 is 0 Å². The molecule has 1 N–H and O–H groups in total. The lowest BCUT2D eigenvalue weighted by molar-refractivity contribution is -0.117. The molecule has 0 saturated carbocycles. The van der Waals surface area contributed by atoms with E-state index < -0.39 is 0 Å². The fourth-order valence-corrected chi connectivity index (χ4v) is 1.31. The Kier molecular flexibility index (Phi) is 4.30. The van der Waals surface area contributed by atoms with Gasteiger partial charge < -0.3 is 9.84 Å². The van der Waals surface area contributed by atoms with Crippen LogP contribution in [-0.4, -0.2) is 36.1 Å². The maximum Gasteiger partial charge on any atom is 0.239 e. The average Bonchev–Trinajstić information content (AvgIpc) is 2.51. The quantitative estimate of drug-likeness (QED) is 0.796. The van der Waals surface area contributed by atoms with E-state index in [0.29, 0.717) is 18.1 Å². The normalized spacial score (nSPS) is 10.7. The van der Waals surface area contributed by atoms with E-state index in [1.165, 1.54) is 0 Å². The van der Waals surface area contributed by atoms with Crippen molar-refractivity contribution in [3.8, 4) is 0 Å². The number of carbonyl (C=O) groups excluding carboxylic acids is 1. The van der Waals surface area contributed by atoms with E-state index in [-0.39, 0.29) is 5.91 Å². The van der Waals surface area contributed by atoms with Crippen molar-refractivity contribution in [1.82, 2.24) is 10.1 Å². The van der Waals surface area contributed by atoms with Crippen LogP contribution in [-0.2, 0) is 4.79 Å². The average molecular weight is 211 g/mol. The molecule has 0 aliphatic carbocycles. The maximum absolute atomic E-state index is 11.5. The van der Waals surface area contributed by atoms with Crippen molar-refractivity contribution in [3.05, 3.63) is 11.8 Å². The molecule has 0 saturated heterocycles. The van der Waals surface area contributed by atoms with Gasteiger partial charge in [0.2, 0.25) is 5.91 Å². The first-order chi connectivity index (χ1) is 7.11. The highest BCUT2D eigenvalue weighted by Crippen LogP contribution is 2.06. The lowest BCUT2D eigenvalue weighted by Crippen LogP contribution is -2.30. The lowest BCUT2D eigenvalue weighted by Gasteiger charge is -2.13. The molecule has 0 aromatic carbocycles. The predicted octanol–water partition coefficient (Wildman–Crippen LogP) is 1.26. The third-order valence-electron chi connectivity index (χ3n) is 1.91. The zero-order valence-corrected chi connectivity index (χ0v) is 9.41. The molecular formula is C10H17N3O2. The molecule has 84 valence electrons. The van der Waals surface area contributed by atoms with Crippen LogP contribution in [0.5, 0.6) is 0 Å². The van der Waals surface area contributed by atoms with E-state index in [1.54, 1.807) is 13.0 Å². The summed E-state index contributed by atoms with van der Waals surface area (Å²) in [6.07, 6.45) is 1.03. The summed E-state index contributed by atoms with van der Waals surface area (Å²) in [5.74, 6) is 1.09. The number of anilines is 1. The molecule has 0 aliphatic rings. The molecule has 1 rings (SSSR count). The first-order valence-corrected chi connectivity index (χ1v) is 5.03.